The highest BCUT2D eigenvalue weighted by Crippen LogP contribution is 2.10. The summed E-state index contributed by atoms with van der Waals surface area (Å²) >= 11 is 0. The fraction of sp³-hybridized carbons (Fsp3) is 0.333. The molecule has 0 aliphatic carbocycles. The van der Waals surface area contributed by atoms with E-state index in [0.717, 1.165) is 36.8 Å². The number of hydrogen-bond donors (Lipinski definition) is 2. The van der Waals surface area contributed by atoms with E-state index in [-0.39, 0.29) is 24.6 Å². The quantitative estimate of drug-likeness (QED) is 0.132. The SMILES string of the molecule is COC(=O)/C(=C/CCCCCC/C=C(\NC(=O)OCc1ccccc1)C(=O)OC)NC(=O)OCc1ccccc1. The second kappa shape index (κ2) is 18.6. The number of alkyl carbamates (subject to hydrolysis) is 2. The maximum Gasteiger partial charge on any atom is 0.412 e. The number of carbonyl (C=O) groups excluding carboxylic acids is 4. The zero-order valence-electron chi connectivity index (χ0n) is 22.9. The second-order valence-corrected chi connectivity index (χ2v) is 8.58. The van der Waals surface area contributed by atoms with Crippen molar-refractivity contribution in [3.8, 4) is 0 Å². The Morgan fingerprint density at radius 3 is 1.32 bits per heavy atom. The van der Waals surface area contributed by atoms with E-state index in [1.165, 1.54) is 14.2 Å². The minimum atomic E-state index is -0.744. The smallest absolute Gasteiger partial charge is 0.412 e. The second-order valence-electron chi connectivity index (χ2n) is 8.58. The summed E-state index contributed by atoms with van der Waals surface area (Å²) in [5, 5.41) is 4.88. The van der Waals surface area contributed by atoms with E-state index in [9.17, 15) is 19.2 Å². The first-order valence-electron chi connectivity index (χ1n) is 12.9. The first kappa shape index (κ1) is 31.6. The van der Waals surface area contributed by atoms with E-state index in [1.54, 1.807) is 12.2 Å². The third-order valence-corrected chi connectivity index (χ3v) is 5.56. The van der Waals surface area contributed by atoms with Gasteiger partial charge in [0.25, 0.3) is 0 Å². The number of rotatable bonds is 15. The van der Waals surface area contributed by atoms with Gasteiger partial charge in [0.05, 0.1) is 14.2 Å². The molecule has 0 aromatic heterocycles. The predicted octanol–water partition coefficient (Wildman–Crippen LogP) is 5.29. The molecule has 2 aromatic rings. The number of nitrogens with one attached hydrogen (secondary N) is 2. The van der Waals surface area contributed by atoms with Crippen LogP contribution in [0.15, 0.2) is 84.2 Å². The lowest BCUT2D eigenvalue weighted by Crippen LogP contribution is -2.28. The van der Waals surface area contributed by atoms with Gasteiger partial charge in [-0.1, -0.05) is 85.7 Å². The van der Waals surface area contributed by atoms with Gasteiger partial charge >= 0.3 is 24.1 Å². The van der Waals surface area contributed by atoms with Gasteiger partial charge in [0, 0.05) is 0 Å². The maximum absolute atomic E-state index is 12.1. The minimum absolute atomic E-state index is 0.0245. The highest BCUT2D eigenvalue weighted by molar-refractivity contribution is 5.92. The Morgan fingerprint density at radius 1 is 0.600 bits per heavy atom. The number of ether oxygens (including phenoxy) is 4. The molecule has 0 saturated carbocycles. The Labute approximate surface area is 234 Å². The van der Waals surface area contributed by atoms with Gasteiger partial charge in [0.2, 0.25) is 0 Å². The molecule has 0 radical (unpaired) electrons. The first-order chi connectivity index (χ1) is 19.4. The summed E-state index contributed by atoms with van der Waals surface area (Å²) in [4.78, 5) is 48.2. The van der Waals surface area contributed by atoms with Crippen molar-refractivity contribution in [2.45, 2.75) is 51.7 Å². The Kier molecular flexibility index (Phi) is 14.7. The van der Waals surface area contributed by atoms with E-state index >= 15 is 0 Å². The van der Waals surface area contributed by atoms with Crippen LogP contribution in [0, 0.1) is 0 Å². The van der Waals surface area contributed by atoms with Crippen LogP contribution in [0.5, 0.6) is 0 Å². The third-order valence-electron chi connectivity index (χ3n) is 5.56. The molecule has 2 N–H and O–H groups in total. The van der Waals surface area contributed by atoms with Crippen LogP contribution in [-0.4, -0.2) is 38.3 Å². The number of methoxy groups -OCH3 is 2. The van der Waals surface area contributed by atoms with E-state index in [2.05, 4.69) is 10.6 Å². The lowest BCUT2D eigenvalue weighted by atomic mass is 10.1. The summed E-state index contributed by atoms with van der Waals surface area (Å²) in [6.45, 7) is 0.162. The molecule has 0 fully saturated rings. The van der Waals surface area contributed by atoms with Gasteiger partial charge in [0.1, 0.15) is 24.6 Å². The van der Waals surface area contributed by atoms with Crippen molar-refractivity contribution in [3.63, 3.8) is 0 Å². The number of benzene rings is 2. The van der Waals surface area contributed by atoms with E-state index in [1.807, 2.05) is 60.7 Å². The largest absolute Gasteiger partial charge is 0.464 e. The van der Waals surface area contributed by atoms with E-state index in [4.69, 9.17) is 18.9 Å². The van der Waals surface area contributed by atoms with E-state index in [0.29, 0.717) is 12.8 Å². The summed E-state index contributed by atoms with van der Waals surface area (Å²) in [6.07, 6.45) is 6.03. The van der Waals surface area contributed by atoms with Crippen LogP contribution in [0.25, 0.3) is 0 Å². The minimum Gasteiger partial charge on any atom is -0.464 e. The number of allylic oxidation sites excluding steroid dienone is 2. The molecule has 0 aliphatic rings. The van der Waals surface area contributed by atoms with Crippen LogP contribution in [0.3, 0.4) is 0 Å². The third kappa shape index (κ3) is 12.8. The summed E-state index contributed by atoms with van der Waals surface area (Å²) in [7, 11) is 2.47. The Balaban J connectivity index is 1.71. The Bertz CT molecular complexity index is 1060. The van der Waals surface area contributed by atoms with Gasteiger partial charge in [0.15, 0.2) is 0 Å². The van der Waals surface area contributed by atoms with Gasteiger partial charge in [-0.15, -0.1) is 0 Å². The Morgan fingerprint density at radius 2 is 0.975 bits per heavy atom. The van der Waals surface area contributed by atoms with Crippen molar-refractivity contribution in [1.29, 1.82) is 0 Å². The standard InChI is InChI=1S/C30H36N2O8/c1-37-27(33)25(31-29(35)39-21-23-15-9-7-10-16-23)19-13-5-3-4-6-14-20-26(28(34)38-2)32-30(36)40-22-24-17-11-8-12-18-24/h7-12,15-20H,3-6,13-14,21-22H2,1-2H3,(H,31,35)(H,32,36)/b25-19-,26-20-. The molecular weight excluding hydrogens is 516 g/mol. The molecule has 2 rings (SSSR count). The Hall–Kier alpha value is -4.60. The molecule has 2 amide bonds. The maximum atomic E-state index is 12.1. The number of esters is 2. The highest BCUT2D eigenvalue weighted by atomic mass is 16.6. The molecule has 0 aliphatic heterocycles. The lowest BCUT2D eigenvalue weighted by molar-refractivity contribution is -0.137. The van der Waals surface area contributed by atoms with Gasteiger partial charge in [-0.05, 0) is 36.8 Å². The van der Waals surface area contributed by atoms with Crippen molar-refractivity contribution in [2.24, 2.45) is 0 Å². The van der Waals surface area contributed by atoms with Gasteiger partial charge in [-0.2, -0.15) is 0 Å². The molecule has 0 spiro atoms. The average Bonchev–Trinajstić information content (AvgIpc) is 2.99. The van der Waals surface area contributed by atoms with Crippen LogP contribution in [0.4, 0.5) is 9.59 Å². The summed E-state index contributed by atoms with van der Waals surface area (Å²) in [6, 6.07) is 18.4. The molecule has 40 heavy (non-hydrogen) atoms. The predicted molar refractivity (Wildman–Crippen MR) is 147 cm³/mol. The lowest BCUT2D eigenvalue weighted by Gasteiger charge is -2.10. The molecule has 10 heteroatoms. The summed E-state index contributed by atoms with van der Waals surface area (Å²) in [5.74, 6) is -1.32. The van der Waals surface area contributed by atoms with Crippen LogP contribution in [0.2, 0.25) is 0 Å². The monoisotopic (exact) mass is 552 g/mol. The highest BCUT2D eigenvalue weighted by Gasteiger charge is 2.15. The molecule has 10 nitrogen and oxygen atoms in total. The van der Waals surface area contributed by atoms with Crippen LogP contribution in [0.1, 0.15) is 49.7 Å². The van der Waals surface area contributed by atoms with Crippen molar-refractivity contribution in [2.75, 3.05) is 14.2 Å². The molecule has 0 atom stereocenters. The fourth-order valence-electron chi connectivity index (χ4n) is 3.46. The number of hydrogen-bond acceptors (Lipinski definition) is 8. The fourth-order valence-corrected chi connectivity index (χ4v) is 3.46. The normalized spacial score (nSPS) is 11.2. The van der Waals surface area contributed by atoms with Gasteiger partial charge in [-0.25, -0.2) is 19.2 Å². The molecular formula is C30H36N2O8. The van der Waals surface area contributed by atoms with Crippen molar-refractivity contribution < 1.29 is 38.1 Å². The van der Waals surface area contributed by atoms with E-state index < -0.39 is 24.1 Å². The number of unbranched alkanes of at least 4 members (excludes halogenated alkanes) is 5. The van der Waals surface area contributed by atoms with Crippen molar-refractivity contribution >= 4 is 24.1 Å². The molecule has 2 aromatic carbocycles. The van der Waals surface area contributed by atoms with Gasteiger partial charge in [-0.3, -0.25) is 10.6 Å². The van der Waals surface area contributed by atoms with Crippen molar-refractivity contribution in [1.82, 2.24) is 10.6 Å². The molecule has 0 heterocycles. The van der Waals surface area contributed by atoms with Gasteiger partial charge < -0.3 is 18.9 Å². The molecule has 0 unspecified atom stereocenters. The topological polar surface area (TPSA) is 129 Å². The summed E-state index contributed by atoms with van der Waals surface area (Å²) in [5.41, 5.74) is 1.70. The van der Waals surface area contributed by atoms with Crippen molar-refractivity contribution in [3.05, 3.63) is 95.3 Å². The number of carbonyl (C=O) groups is 4. The zero-order chi connectivity index (χ0) is 29.0. The number of amides is 2. The average molecular weight is 553 g/mol. The zero-order valence-corrected chi connectivity index (χ0v) is 22.9. The molecule has 0 saturated heterocycles. The van der Waals surface area contributed by atoms with Crippen LogP contribution < -0.4 is 10.6 Å². The first-order valence-corrected chi connectivity index (χ1v) is 12.9. The van der Waals surface area contributed by atoms with Crippen LogP contribution in [-0.2, 0) is 41.8 Å². The molecule has 0 bridgehead atoms. The summed E-state index contributed by atoms with van der Waals surface area (Å²) < 4.78 is 19.8. The molecule has 214 valence electrons. The van der Waals surface area contributed by atoms with Crippen LogP contribution >= 0.6 is 0 Å².